The van der Waals surface area contributed by atoms with Gasteiger partial charge >= 0.3 is 18.0 Å². The number of carboxylic acids is 1. The van der Waals surface area contributed by atoms with Crippen LogP contribution in [0.4, 0.5) is 4.79 Å². The maximum Gasteiger partial charge on any atom is 0.410 e. The van der Waals surface area contributed by atoms with E-state index in [9.17, 15) is 14.4 Å². The van der Waals surface area contributed by atoms with Crippen molar-refractivity contribution < 1.29 is 29.0 Å². The predicted molar refractivity (Wildman–Crippen MR) is 120 cm³/mol. The molecule has 1 amide bonds. The van der Waals surface area contributed by atoms with E-state index in [1.807, 2.05) is 30.3 Å². The second kappa shape index (κ2) is 13.7. The Morgan fingerprint density at radius 1 is 1.12 bits per heavy atom. The molecule has 1 heterocycles. The van der Waals surface area contributed by atoms with Crippen LogP contribution in [-0.4, -0.2) is 59.8 Å². The van der Waals surface area contributed by atoms with Crippen molar-refractivity contribution in [1.82, 2.24) is 10.2 Å². The van der Waals surface area contributed by atoms with Gasteiger partial charge in [-0.2, -0.15) is 0 Å². The Morgan fingerprint density at radius 3 is 2.44 bits per heavy atom. The highest BCUT2D eigenvalue weighted by atomic mass is 16.6. The van der Waals surface area contributed by atoms with Crippen LogP contribution in [0.2, 0.25) is 0 Å². The van der Waals surface area contributed by atoms with Gasteiger partial charge in [0.1, 0.15) is 18.7 Å². The number of carboxylic acid groups (broad SMARTS) is 1. The summed E-state index contributed by atoms with van der Waals surface area (Å²) in [6, 6.07) is 8.23. The molecule has 2 atom stereocenters. The van der Waals surface area contributed by atoms with Gasteiger partial charge in [0.2, 0.25) is 0 Å². The Morgan fingerprint density at radius 2 is 1.81 bits per heavy atom. The Bertz CT molecular complexity index is 718. The molecular weight excluding hydrogens is 412 g/mol. The van der Waals surface area contributed by atoms with E-state index in [2.05, 4.69) is 5.32 Å². The molecule has 0 spiro atoms. The lowest BCUT2D eigenvalue weighted by molar-refractivity contribution is -0.147. The number of nitrogens with one attached hydrogen (secondary N) is 1. The van der Waals surface area contributed by atoms with Crippen molar-refractivity contribution in [3.63, 3.8) is 0 Å². The number of unbranched alkanes of at least 4 members (excludes halogenated alkanes) is 1. The minimum atomic E-state index is -0.992. The first kappa shape index (κ1) is 25.6. The molecule has 178 valence electrons. The standard InChI is InChI=1S/C24H36N2O6/c1-3-31-23(29)21(25-18(2)22(27)28)12-8-7-9-19-13-15-26(16-14-19)24(30)32-17-20-10-5-4-6-11-20/h4-6,10-11,18-19,21,25H,3,7-9,12-17H2,1-2H3,(H,27,28)/t18?,21-/m0/s1. The van der Waals surface area contributed by atoms with Gasteiger partial charge in [-0.15, -0.1) is 0 Å². The lowest BCUT2D eigenvalue weighted by Gasteiger charge is -2.31. The van der Waals surface area contributed by atoms with Crippen molar-refractivity contribution in [3.8, 4) is 0 Å². The van der Waals surface area contributed by atoms with Gasteiger partial charge in [0.25, 0.3) is 0 Å². The highest BCUT2D eigenvalue weighted by Crippen LogP contribution is 2.24. The van der Waals surface area contributed by atoms with Crippen LogP contribution in [0.5, 0.6) is 0 Å². The zero-order valence-corrected chi connectivity index (χ0v) is 19.1. The molecular formula is C24H36N2O6. The average molecular weight is 449 g/mol. The molecule has 2 rings (SSSR count). The number of hydrogen-bond acceptors (Lipinski definition) is 6. The Labute approximate surface area is 190 Å². The summed E-state index contributed by atoms with van der Waals surface area (Å²) in [4.78, 5) is 37.3. The van der Waals surface area contributed by atoms with Gasteiger partial charge in [-0.25, -0.2) is 4.79 Å². The molecule has 0 saturated carbocycles. The number of hydrogen-bond donors (Lipinski definition) is 2. The van der Waals surface area contributed by atoms with Gasteiger partial charge in [0.05, 0.1) is 6.61 Å². The Hall–Kier alpha value is -2.61. The largest absolute Gasteiger partial charge is 0.480 e. The quantitative estimate of drug-likeness (QED) is 0.372. The fourth-order valence-electron chi connectivity index (χ4n) is 3.88. The van der Waals surface area contributed by atoms with Crippen LogP contribution in [0.25, 0.3) is 0 Å². The highest BCUT2D eigenvalue weighted by molar-refractivity contribution is 5.78. The van der Waals surface area contributed by atoms with Crippen LogP contribution in [0.1, 0.15) is 57.9 Å². The first-order valence-corrected chi connectivity index (χ1v) is 11.5. The number of likely N-dealkylation sites (tertiary alicyclic amines) is 1. The fourth-order valence-corrected chi connectivity index (χ4v) is 3.88. The summed E-state index contributed by atoms with van der Waals surface area (Å²) in [5.74, 6) is -0.851. The number of carbonyl (C=O) groups is 3. The van der Waals surface area contributed by atoms with Gasteiger partial charge in [0.15, 0.2) is 0 Å². The van der Waals surface area contributed by atoms with E-state index in [-0.39, 0.29) is 19.3 Å². The number of rotatable bonds is 12. The third-order valence-electron chi connectivity index (χ3n) is 5.83. The van der Waals surface area contributed by atoms with Gasteiger partial charge in [-0.1, -0.05) is 49.6 Å². The van der Waals surface area contributed by atoms with Crippen molar-refractivity contribution >= 4 is 18.0 Å². The van der Waals surface area contributed by atoms with Crippen LogP contribution in [0.3, 0.4) is 0 Å². The first-order chi connectivity index (χ1) is 15.4. The summed E-state index contributed by atoms with van der Waals surface area (Å²) in [6.07, 6.45) is 4.94. The van der Waals surface area contributed by atoms with Gasteiger partial charge < -0.3 is 19.5 Å². The zero-order chi connectivity index (χ0) is 23.3. The van der Waals surface area contributed by atoms with Crippen LogP contribution < -0.4 is 5.32 Å². The summed E-state index contributed by atoms with van der Waals surface area (Å²) in [6.45, 7) is 5.20. The number of ether oxygens (including phenoxy) is 2. The van der Waals surface area contributed by atoms with Crippen molar-refractivity contribution in [1.29, 1.82) is 0 Å². The van der Waals surface area contributed by atoms with Crippen molar-refractivity contribution in [2.75, 3.05) is 19.7 Å². The summed E-state index contributed by atoms with van der Waals surface area (Å²) >= 11 is 0. The van der Waals surface area contributed by atoms with E-state index >= 15 is 0 Å². The van der Waals surface area contributed by atoms with Gasteiger partial charge in [-0.3, -0.25) is 14.9 Å². The minimum Gasteiger partial charge on any atom is -0.480 e. The normalized spacial score (nSPS) is 16.2. The second-order valence-corrected chi connectivity index (χ2v) is 8.29. The third-order valence-corrected chi connectivity index (χ3v) is 5.83. The van der Waals surface area contributed by atoms with Crippen LogP contribution in [-0.2, 0) is 25.7 Å². The summed E-state index contributed by atoms with van der Waals surface area (Å²) in [5, 5.41) is 11.9. The van der Waals surface area contributed by atoms with E-state index in [4.69, 9.17) is 14.6 Å². The molecule has 1 aliphatic rings. The molecule has 1 aliphatic heterocycles. The Kier molecular flexibility index (Phi) is 11.0. The number of nitrogens with zero attached hydrogens (tertiary/aromatic N) is 1. The predicted octanol–water partition coefficient (Wildman–Crippen LogP) is 3.59. The van der Waals surface area contributed by atoms with E-state index in [1.54, 1.807) is 11.8 Å². The van der Waals surface area contributed by atoms with E-state index < -0.39 is 24.0 Å². The van der Waals surface area contributed by atoms with Crippen LogP contribution >= 0.6 is 0 Å². The average Bonchev–Trinajstić information content (AvgIpc) is 2.80. The molecule has 8 heteroatoms. The number of piperidine rings is 1. The Balaban J connectivity index is 1.65. The molecule has 1 aromatic rings. The summed E-state index contributed by atoms with van der Waals surface area (Å²) in [7, 11) is 0. The smallest absolute Gasteiger partial charge is 0.410 e. The molecule has 1 fully saturated rings. The molecule has 1 saturated heterocycles. The van der Waals surface area contributed by atoms with Crippen LogP contribution in [0.15, 0.2) is 30.3 Å². The zero-order valence-electron chi connectivity index (χ0n) is 19.1. The molecule has 0 aromatic heterocycles. The number of benzene rings is 1. The molecule has 1 aromatic carbocycles. The number of aliphatic carboxylic acids is 1. The lowest BCUT2D eigenvalue weighted by Crippen LogP contribution is -2.46. The van der Waals surface area contributed by atoms with E-state index in [0.29, 0.717) is 25.4 Å². The van der Waals surface area contributed by atoms with Crippen molar-refractivity contribution in [2.45, 2.75) is 71.1 Å². The van der Waals surface area contributed by atoms with Crippen molar-refractivity contribution in [2.24, 2.45) is 5.92 Å². The maximum absolute atomic E-state index is 12.3. The summed E-state index contributed by atoms with van der Waals surface area (Å²) in [5.41, 5.74) is 0.976. The topological polar surface area (TPSA) is 105 Å². The number of carbonyl (C=O) groups excluding carboxylic acids is 2. The third kappa shape index (κ3) is 8.86. The van der Waals surface area contributed by atoms with Crippen molar-refractivity contribution in [3.05, 3.63) is 35.9 Å². The molecule has 8 nitrogen and oxygen atoms in total. The lowest BCUT2D eigenvalue weighted by atomic mass is 9.91. The highest BCUT2D eigenvalue weighted by Gasteiger charge is 2.26. The number of amides is 1. The molecule has 0 bridgehead atoms. The molecule has 1 unspecified atom stereocenters. The minimum absolute atomic E-state index is 0.261. The van der Waals surface area contributed by atoms with E-state index in [1.165, 1.54) is 6.92 Å². The monoisotopic (exact) mass is 448 g/mol. The second-order valence-electron chi connectivity index (χ2n) is 8.29. The molecule has 2 N–H and O–H groups in total. The SMILES string of the molecule is CCOC(=O)[C@H](CCCCC1CCN(C(=O)OCc2ccccc2)CC1)NC(C)C(=O)O. The van der Waals surface area contributed by atoms with Crippen LogP contribution in [0, 0.1) is 5.92 Å². The first-order valence-electron chi connectivity index (χ1n) is 11.5. The number of esters is 1. The van der Waals surface area contributed by atoms with E-state index in [0.717, 1.165) is 37.7 Å². The van der Waals surface area contributed by atoms with Gasteiger partial charge in [-0.05, 0) is 44.6 Å². The summed E-state index contributed by atoms with van der Waals surface area (Å²) < 4.78 is 10.5. The fraction of sp³-hybridized carbons (Fsp3) is 0.625. The van der Waals surface area contributed by atoms with Gasteiger partial charge in [0, 0.05) is 13.1 Å². The molecule has 32 heavy (non-hydrogen) atoms. The molecule has 0 aliphatic carbocycles. The molecule has 0 radical (unpaired) electrons. The maximum atomic E-state index is 12.3.